The van der Waals surface area contributed by atoms with Crippen molar-refractivity contribution in [2.75, 3.05) is 19.4 Å². The molecule has 0 aliphatic rings. The van der Waals surface area contributed by atoms with Gasteiger partial charge in [-0.15, -0.1) is 11.8 Å². The third-order valence-electron chi connectivity index (χ3n) is 1.68. The summed E-state index contributed by atoms with van der Waals surface area (Å²) in [6.07, 6.45) is -0.983. The zero-order valence-corrected chi connectivity index (χ0v) is 10.9. The predicted molar refractivity (Wildman–Crippen MR) is 63.7 cm³/mol. The maximum Gasteiger partial charge on any atom is 0.334 e. The van der Waals surface area contributed by atoms with E-state index in [-0.39, 0.29) is 17.2 Å². The topological polar surface area (TPSA) is 75.6 Å². The van der Waals surface area contributed by atoms with Crippen LogP contribution in [0.3, 0.4) is 0 Å². The van der Waals surface area contributed by atoms with E-state index in [0.29, 0.717) is 5.75 Å². The molecule has 0 saturated heterocycles. The minimum Gasteiger partial charge on any atom is -0.479 e. The molecule has 16 heavy (non-hydrogen) atoms. The number of amides is 1. The number of nitrogens with one attached hydrogen (secondary N) is 1. The quantitative estimate of drug-likeness (QED) is 0.726. The third-order valence-corrected chi connectivity index (χ3v) is 2.95. The summed E-state index contributed by atoms with van der Waals surface area (Å²) >= 11 is 1.51. The number of methoxy groups -OCH3 is 1. The largest absolute Gasteiger partial charge is 0.479 e. The molecule has 5 nitrogen and oxygen atoms in total. The fraction of sp³-hybridized carbons (Fsp3) is 0.800. The minimum absolute atomic E-state index is 0.00459. The Hall–Kier alpha value is -0.750. The van der Waals surface area contributed by atoms with E-state index in [9.17, 15) is 9.59 Å². The highest BCUT2D eigenvalue weighted by atomic mass is 32.2. The van der Waals surface area contributed by atoms with Crippen molar-refractivity contribution in [2.24, 2.45) is 0 Å². The molecule has 6 heteroatoms. The lowest BCUT2D eigenvalue weighted by atomic mass is 10.3. The Labute approximate surface area is 99.9 Å². The second-order valence-electron chi connectivity index (χ2n) is 4.27. The molecule has 0 heterocycles. The van der Waals surface area contributed by atoms with Gasteiger partial charge in [0.15, 0.2) is 6.10 Å². The lowest BCUT2D eigenvalue weighted by molar-refractivity contribution is -0.148. The van der Waals surface area contributed by atoms with Crippen LogP contribution in [0.5, 0.6) is 0 Å². The van der Waals surface area contributed by atoms with E-state index in [1.807, 2.05) is 20.8 Å². The van der Waals surface area contributed by atoms with Gasteiger partial charge in [0, 0.05) is 11.9 Å². The summed E-state index contributed by atoms with van der Waals surface area (Å²) in [4.78, 5) is 21.9. The molecule has 1 unspecified atom stereocenters. The van der Waals surface area contributed by atoms with Crippen molar-refractivity contribution < 1.29 is 19.4 Å². The highest BCUT2D eigenvalue weighted by Crippen LogP contribution is 2.22. The van der Waals surface area contributed by atoms with Crippen molar-refractivity contribution in [3.8, 4) is 0 Å². The number of thioether (sulfide) groups is 1. The van der Waals surface area contributed by atoms with Gasteiger partial charge in [0.05, 0.1) is 12.3 Å². The standard InChI is InChI=1S/C10H19NO4S/c1-10(2,3)16-6-8(12)11-5-7(15-4)9(13)14/h7H,5-6H2,1-4H3,(H,11,12)(H,13,14). The average Bonchev–Trinajstić information content (AvgIpc) is 2.14. The zero-order valence-electron chi connectivity index (χ0n) is 10.1. The van der Waals surface area contributed by atoms with Crippen molar-refractivity contribution in [1.29, 1.82) is 0 Å². The van der Waals surface area contributed by atoms with Gasteiger partial charge >= 0.3 is 5.97 Å². The van der Waals surface area contributed by atoms with Gasteiger partial charge < -0.3 is 15.2 Å². The number of aliphatic carboxylic acids is 1. The lowest BCUT2D eigenvalue weighted by Gasteiger charge is -2.17. The number of carbonyl (C=O) groups excluding carboxylic acids is 1. The summed E-state index contributed by atoms with van der Waals surface area (Å²) in [7, 11) is 1.30. The molecule has 94 valence electrons. The molecule has 0 rings (SSSR count). The molecule has 0 saturated carbocycles. The summed E-state index contributed by atoms with van der Waals surface area (Å²) < 4.78 is 4.71. The first-order chi connectivity index (χ1) is 7.26. The van der Waals surface area contributed by atoms with Crippen LogP contribution in [-0.2, 0) is 14.3 Å². The van der Waals surface area contributed by atoms with E-state index in [0.717, 1.165) is 0 Å². The molecular weight excluding hydrogens is 230 g/mol. The maximum atomic E-state index is 11.4. The smallest absolute Gasteiger partial charge is 0.334 e. The van der Waals surface area contributed by atoms with Crippen LogP contribution >= 0.6 is 11.8 Å². The van der Waals surface area contributed by atoms with Gasteiger partial charge in [0.1, 0.15) is 0 Å². The van der Waals surface area contributed by atoms with Gasteiger partial charge in [0.2, 0.25) is 5.91 Å². The van der Waals surface area contributed by atoms with Gasteiger partial charge in [-0.25, -0.2) is 4.79 Å². The second kappa shape index (κ2) is 6.75. The zero-order chi connectivity index (χ0) is 12.8. The van der Waals surface area contributed by atoms with Crippen LogP contribution in [0.1, 0.15) is 20.8 Å². The molecule has 0 aliphatic carbocycles. The van der Waals surface area contributed by atoms with Gasteiger partial charge in [-0.2, -0.15) is 0 Å². The Balaban J connectivity index is 3.85. The van der Waals surface area contributed by atoms with Gasteiger partial charge in [-0.05, 0) is 0 Å². The summed E-state index contributed by atoms with van der Waals surface area (Å²) in [6.45, 7) is 6.04. The lowest BCUT2D eigenvalue weighted by Crippen LogP contribution is -2.38. The third kappa shape index (κ3) is 7.53. The molecule has 0 radical (unpaired) electrons. The van der Waals surface area contributed by atoms with E-state index in [1.165, 1.54) is 18.9 Å². The molecule has 1 atom stereocenters. The van der Waals surface area contributed by atoms with E-state index in [4.69, 9.17) is 5.11 Å². The molecule has 0 aromatic carbocycles. The minimum atomic E-state index is -1.08. The highest BCUT2D eigenvalue weighted by Gasteiger charge is 2.18. The summed E-state index contributed by atoms with van der Waals surface area (Å²) in [5.74, 6) is -0.936. The van der Waals surface area contributed by atoms with Gasteiger partial charge in [-0.3, -0.25) is 4.79 Å². The number of carboxylic acid groups (broad SMARTS) is 1. The molecule has 1 amide bonds. The summed E-state index contributed by atoms with van der Waals surface area (Å²) in [6, 6.07) is 0. The Kier molecular flexibility index (Phi) is 6.43. The number of carboxylic acids is 1. The second-order valence-corrected chi connectivity index (χ2v) is 6.07. The Morgan fingerprint density at radius 2 is 2.00 bits per heavy atom. The Bertz CT molecular complexity index is 250. The summed E-state index contributed by atoms with van der Waals surface area (Å²) in [5, 5.41) is 11.2. The molecular formula is C10H19NO4S. The number of carbonyl (C=O) groups is 2. The molecule has 0 aliphatic heterocycles. The Morgan fingerprint density at radius 3 is 2.38 bits per heavy atom. The SMILES string of the molecule is COC(CNC(=O)CSC(C)(C)C)C(=O)O. The van der Waals surface area contributed by atoms with Crippen LogP contribution in [0.4, 0.5) is 0 Å². The van der Waals surface area contributed by atoms with E-state index in [2.05, 4.69) is 10.1 Å². The maximum absolute atomic E-state index is 11.4. The number of hydrogen-bond donors (Lipinski definition) is 2. The van der Waals surface area contributed by atoms with Crippen LogP contribution in [0.2, 0.25) is 0 Å². The fourth-order valence-electron chi connectivity index (χ4n) is 0.811. The number of rotatable bonds is 6. The highest BCUT2D eigenvalue weighted by molar-refractivity contribution is 8.01. The van der Waals surface area contributed by atoms with Crippen LogP contribution in [-0.4, -0.2) is 47.2 Å². The summed E-state index contributed by atoms with van der Waals surface area (Å²) in [5.41, 5.74) is 0. The Morgan fingerprint density at radius 1 is 1.44 bits per heavy atom. The number of ether oxygens (including phenoxy) is 1. The van der Waals surface area contributed by atoms with Crippen LogP contribution in [0.25, 0.3) is 0 Å². The van der Waals surface area contributed by atoms with Crippen LogP contribution in [0.15, 0.2) is 0 Å². The van der Waals surface area contributed by atoms with Crippen LogP contribution in [0, 0.1) is 0 Å². The fourth-order valence-corrected chi connectivity index (χ4v) is 1.48. The molecule has 0 aromatic heterocycles. The van der Waals surface area contributed by atoms with Crippen molar-refractivity contribution in [2.45, 2.75) is 31.6 Å². The molecule has 0 bridgehead atoms. The number of hydrogen-bond acceptors (Lipinski definition) is 4. The van der Waals surface area contributed by atoms with Gasteiger partial charge in [0.25, 0.3) is 0 Å². The van der Waals surface area contributed by atoms with E-state index < -0.39 is 12.1 Å². The molecule has 0 fully saturated rings. The van der Waals surface area contributed by atoms with Crippen molar-refractivity contribution in [3.05, 3.63) is 0 Å². The first-order valence-corrected chi connectivity index (χ1v) is 5.91. The normalized spacial score (nSPS) is 13.2. The molecule has 2 N–H and O–H groups in total. The van der Waals surface area contributed by atoms with Crippen molar-refractivity contribution >= 4 is 23.6 Å². The van der Waals surface area contributed by atoms with Crippen molar-refractivity contribution in [3.63, 3.8) is 0 Å². The molecule has 0 aromatic rings. The first-order valence-electron chi connectivity index (χ1n) is 4.92. The monoisotopic (exact) mass is 249 g/mol. The van der Waals surface area contributed by atoms with E-state index >= 15 is 0 Å². The van der Waals surface area contributed by atoms with E-state index in [1.54, 1.807) is 0 Å². The van der Waals surface area contributed by atoms with Gasteiger partial charge in [-0.1, -0.05) is 20.8 Å². The first kappa shape index (κ1) is 15.2. The predicted octanol–water partition coefficient (Wildman–Crippen LogP) is 0.734. The van der Waals surface area contributed by atoms with Crippen molar-refractivity contribution in [1.82, 2.24) is 5.32 Å². The van der Waals surface area contributed by atoms with Crippen LogP contribution < -0.4 is 5.32 Å². The molecule has 0 spiro atoms. The average molecular weight is 249 g/mol.